The van der Waals surface area contributed by atoms with Crippen LogP contribution in [0.1, 0.15) is 40.5 Å². The van der Waals surface area contributed by atoms with Crippen LogP contribution in [-0.4, -0.2) is 24.3 Å². The number of esters is 1. The Balaban J connectivity index is 1.54. The van der Waals surface area contributed by atoms with Crippen LogP contribution in [-0.2, 0) is 9.53 Å². The summed E-state index contributed by atoms with van der Waals surface area (Å²) in [7, 11) is 0. The fourth-order valence-corrected chi connectivity index (χ4v) is 2.86. The summed E-state index contributed by atoms with van der Waals surface area (Å²) < 4.78 is 4.92. The Labute approximate surface area is 163 Å². The summed E-state index contributed by atoms with van der Waals surface area (Å²) in [6.07, 6.45) is 0.219. The zero-order valence-electron chi connectivity index (χ0n) is 15.6. The third-order valence-electron chi connectivity index (χ3n) is 4.33. The van der Waals surface area contributed by atoms with E-state index < -0.39 is 5.97 Å². The molecule has 0 saturated heterocycles. The Morgan fingerprint density at radius 3 is 2.21 bits per heavy atom. The highest BCUT2D eigenvalue weighted by Gasteiger charge is 2.11. The first-order chi connectivity index (χ1) is 13.6. The zero-order chi connectivity index (χ0) is 19.9. The van der Waals surface area contributed by atoms with Gasteiger partial charge in [-0.05, 0) is 48.0 Å². The average Bonchev–Trinajstić information content (AvgIpc) is 2.72. The number of fused-ring (bicyclic) bond motifs is 1. The Hall–Kier alpha value is -3.47. The minimum Gasteiger partial charge on any atom is -0.462 e. The molecule has 3 aromatic carbocycles. The van der Waals surface area contributed by atoms with Crippen molar-refractivity contribution in [1.29, 1.82) is 0 Å². The lowest BCUT2D eigenvalue weighted by Gasteiger charge is -2.07. The number of amides is 1. The van der Waals surface area contributed by atoms with Crippen molar-refractivity contribution in [1.82, 2.24) is 0 Å². The first kappa shape index (κ1) is 19.3. The van der Waals surface area contributed by atoms with E-state index in [-0.39, 0.29) is 24.5 Å². The van der Waals surface area contributed by atoms with Gasteiger partial charge in [-0.15, -0.1) is 0 Å². The number of hydrogen-bond donors (Lipinski definition) is 1. The molecular formula is C23H21NO4. The normalized spacial score (nSPS) is 10.5. The second-order valence-electron chi connectivity index (χ2n) is 6.33. The molecular weight excluding hydrogens is 354 g/mol. The molecule has 0 fully saturated rings. The topological polar surface area (TPSA) is 72.5 Å². The third kappa shape index (κ3) is 4.82. The van der Waals surface area contributed by atoms with Crippen molar-refractivity contribution < 1.29 is 19.1 Å². The number of hydrogen-bond acceptors (Lipinski definition) is 4. The molecule has 142 valence electrons. The van der Waals surface area contributed by atoms with E-state index in [0.717, 1.165) is 10.8 Å². The average molecular weight is 375 g/mol. The molecule has 0 heterocycles. The van der Waals surface area contributed by atoms with Crippen molar-refractivity contribution in [2.45, 2.75) is 19.8 Å². The molecule has 1 amide bonds. The molecule has 0 bridgehead atoms. The first-order valence-corrected chi connectivity index (χ1v) is 9.16. The lowest BCUT2D eigenvalue weighted by atomic mass is 10.0. The summed E-state index contributed by atoms with van der Waals surface area (Å²) in [4.78, 5) is 36.1. The maximum Gasteiger partial charge on any atom is 0.338 e. The van der Waals surface area contributed by atoms with Crippen LogP contribution in [0.5, 0.6) is 0 Å². The van der Waals surface area contributed by atoms with E-state index in [1.165, 1.54) is 0 Å². The molecule has 0 aliphatic carbocycles. The fraction of sp³-hybridized carbons (Fsp3) is 0.174. The molecule has 0 radical (unpaired) electrons. The van der Waals surface area contributed by atoms with Crippen LogP contribution in [0.15, 0.2) is 66.7 Å². The second-order valence-corrected chi connectivity index (χ2v) is 6.33. The van der Waals surface area contributed by atoms with Crippen molar-refractivity contribution in [3.63, 3.8) is 0 Å². The van der Waals surface area contributed by atoms with Gasteiger partial charge in [0, 0.05) is 24.1 Å². The fourth-order valence-electron chi connectivity index (χ4n) is 2.86. The van der Waals surface area contributed by atoms with Gasteiger partial charge < -0.3 is 10.1 Å². The minimum absolute atomic E-state index is 0.0708. The van der Waals surface area contributed by atoms with Gasteiger partial charge in [-0.2, -0.15) is 0 Å². The van der Waals surface area contributed by atoms with Crippen molar-refractivity contribution >= 4 is 34.1 Å². The highest BCUT2D eigenvalue weighted by molar-refractivity contribution is 6.02. The molecule has 0 aromatic heterocycles. The number of benzene rings is 3. The Morgan fingerprint density at radius 2 is 1.50 bits per heavy atom. The van der Waals surface area contributed by atoms with Crippen LogP contribution in [0.25, 0.3) is 10.8 Å². The summed E-state index contributed by atoms with van der Waals surface area (Å²) in [6.45, 7) is 2.05. The monoisotopic (exact) mass is 375 g/mol. The molecule has 0 aliphatic heterocycles. The Morgan fingerprint density at radius 1 is 0.821 bits per heavy atom. The van der Waals surface area contributed by atoms with Crippen LogP contribution < -0.4 is 5.32 Å². The van der Waals surface area contributed by atoms with Gasteiger partial charge in [0.15, 0.2) is 5.78 Å². The van der Waals surface area contributed by atoms with Gasteiger partial charge in [-0.25, -0.2) is 4.79 Å². The van der Waals surface area contributed by atoms with E-state index in [0.29, 0.717) is 23.4 Å². The predicted octanol–water partition coefficient (Wildman–Crippen LogP) is 4.62. The molecule has 5 heteroatoms. The number of rotatable bonds is 7. The van der Waals surface area contributed by atoms with E-state index >= 15 is 0 Å². The molecule has 0 atom stereocenters. The van der Waals surface area contributed by atoms with E-state index in [4.69, 9.17) is 4.74 Å². The molecule has 0 unspecified atom stereocenters. The van der Waals surface area contributed by atoms with Gasteiger partial charge in [0.05, 0.1) is 12.2 Å². The molecule has 1 N–H and O–H groups in total. The van der Waals surface area contributed by atoms with E-state index in [1.54, 1.807) is 37.3 Å². The molecule has 5 nitrogen and oxygen atoms in total. The van der Waals surface area contributed by atoms with Crippen LogP contribution in [0, 0.1) is 0 Å². The van der Waals surface area contributed by atoms with Crippen LogP contribution in [0.4, 0.5) is 5.69 Å². The first-order valence-electron chi connectivity index (χ1n) is 9.16. The van der Waals surface area contributed by atoms with Crippen LogP contribution in [0.3, 0.4) is 0 Å². The van der Waals surface area contributed by atoms with E-state index in [9.17, 15) is 14.4 Å². The van der Waals surface area contributed by atoms with Crippen molar-refractivity contribution in [3.8, 4) is 0 Å². The minimum atomic E-state index is -0.402. The summed E-state index contributed by atoms with van der Waals surface area (Å²) >= 11 is 0. The molecule has 0 saturated carbocycles. The van der Waals surface area contributed by atoms with Gasteiger partial charge in [0.1, 0.15) is 0 Å². The Kier molecular flexibility index (Phi) is 6.17. The number of carbonyl (C=O) groups is 3. The van der Waals surface area contributed by atoms with Crippen molar-refractivity contribution in [3.05, 3.63) is 77.9 Å². The smallest absolute Gasteiger partial charge is 0.338 e. The standard InChI is InChI=1S/C23H21NO4/c1-2-28-23(27)17-9-11-20(12-10-17)24-22(26)14-13-21(25)19-8-7-16-5-3-4-6-18(16)15-19/h3-12,15H,2,13-14H2,1H3,(H,24,26). The van der Waals surface area contributed by atoms with Gasteiger partial charge in [-0.1, -0.05) is 36.4 Å². The maximum atomic E-state index is 12.4. The number of anilines is 1. The number of nitrogens with one attached hydrogen (secondary N) is 1. The van der Waals surface area contributed by atoms with E-state index in [2.05, 4.69) is 5.32 Å². The number of ketones is 1. The van der Waals surface area contributed by atoms with Gasteiger partial charge in [-0.3, -0.25) is 9.59 Å². The summed E-state index contributed by atoms with van der Waals surface area (Å²) in [5, 5.41) is 4.81. The predicted molar refractivity (Wildman–Crippen MR) is 109 cm³/mol. The second kappa shape index (κ2) is 8.95. The summed E-state index contributed by atoms with van der Waals surface area (Å²) in [5.41, 5.74) is 1.59. The molecule has 0 aliphatic rings. The lowest BCUT2D eigenvalue weighted by Crippen LogP contribution is -2.13. The molecule has 0 spiro atoms. The van der Waals surface area contributed by atoms with Crippen molar-refractivity contribution in [2.24, 2.45) is 0 Å². The number of Topliss-reactive ketones (excluding diaryl/α,β-unsaturated/α-hetero) is 1. The summed E-state index contributed by atoms with van der Waals surface area (Å²) in [6, 6.07) is 19.8. The zero-order valence-corrected chi connectivity index (χ0v) is 15.6. The number of carbonyl (C=O) groups excluding carboxylic acids is 3. The largest absolute Gasteiger partial charge is 0.462 e. The SMILES string of the molecule is CCOC(=O)c1ccc(NC(=O)CCC(=O)c2ccc3ccccc3c2)cc1. The molecule has 3 aromatic rings. The maximum absolute atomic E-state index is 12.4. The van der Waals surface area contributed by atoms with Crippen molar-refractivity contribution in [2.75, 3.05) is 11.9 Å². The highest BCUT2D eigenvalue weighted by atomic mass is 16.5. The quantitative estimate of drug-likeness (QED) is 0.483. The van der Waals surface area contributed by atoms with Gasteiger partial charge in [0.25, 0.3) is 0 Å². The summed E-state index contributed by atoms with van der Waals surface area (Å²) in [5.74, 6) is -0.724. The van der Waals surface area contributed by atoms with E-state index in [1.807, 2.05) is 36.4 Å². The van der Waals surface area contributed by atoms with Crippen LogP contribution in [0.2, 0.25) is 0 Å². The molecule has 3 rings (SSSR count). The van der Waals surface area contributed by atoms with Crippen LogP contribution >= 0.6 is 0 Å². The van der Waals surface area contributed by atoms with Gasteiger partial charge >= 0.3 is 5.97 Å². The Bertz CT molecular complexity index is 1010. The van der Waals surface area contributed by atoms with Gasteiger partial charge in [0.2, 0.25) is 5.91 Å². The third-order valence-corrected chi connectivity index (χ3v) is 4.33. The number of ether oxygens (including phenoxy) is 1. The highest BCUT2D eigenvalue weighted by Crippen LogP contribution is 2.17. The lowest BCUT2D eigenvalue weighted by molar-refractivity contribution is -0.116. The molecule has 28 heavy (non-hydrogen) atoms.